The molecule has 1 rings (SSSR count). The van der Waals surface area contributed by atoms with E-state index in [1.54, 1.807) is 11.6 Å². The van der Waals surface area contributed by atoms with Gasteiger partial charge in [0, 0.05) is 18.0 Å². The maximum absolute atomic E-state index is 10.7. The molecule has 0 aliphatic carbocycles. The molecule has 1 unspecified atom stereocenters. The summed E-state index contributed by atoms with van der Waals surface area (Å²) in [4.78, 5) is 14.7. The maximum atomic E-state index is 10.7. The predicted molar refractivity (Wildman–Crippen MR) is 43.8 cm³/mol. The number of aliphatic hydroxyl groups is 1. The molecule has 66 valence electrons. The van der Waals surface area contributed by atoms with Crippen LogP contribution in [-0.4, -0.2) is 29.3 Å². The second-order valence-electron chi connectivity index (χ2n) is 2.17. The molecule has 5 heteroatoms. The number of hydrogen-bond donors (Lipinski definition) is 1. The van der Waals surface area contributed by atoms with E-state index in [-0.39, 0.29) is 6.42 Å². The van der Waals surface area contributed by atoms with Crippen LogP contribution in [0.1, 0.15) is 5.01 Å². The SMILES string of the molecule is COC(=O)C(O)Cc1nccs1. The van der Waals surface area contributed by atoms with Crippen molar-refractivity contribution in [2.45, 2.75) is 12.5 Å². The Balaban J connectivity index is 2.47. The van der Waals surface area contributed by atoms with Crippen molar-refractivity contribution < 1.29 is 14.6 Å². The van der Waals surface area contributed by atoms with Gasteiger partial charge in [-0.25, -0.2) is 9.78 Å². The number of thiazole rings is 1. The fourth-order valence-corrected chi connectivity index (χ4v) is 1.39. The van der Waals surface area contributed by atoms with Crippen molar-refractivity contribution in [3.05, 3.63) is 16.6 Å². The molecule has 0 saturated carbocycles. The third-order valence-corrected chi connectivity index (χ3v) is 2.13. The molecule has 0 aromatic carbocycles. The molecule has 1 heterocycles. The number of esters is 1. The Morgan fingerprint density at radius 3 is 3.17 bits per heavy atom. The van der Waals surface area contributed by atoms with Gasteiger partial charge in [0.05, 0.1) is 12.1 Å². The second kappa shape index (κ2) is 4.18. The van der Waals surface area contributed by atoms with Gasteiger partial charge < -0.3 is 9.84 Å². The summed E-state index contributed by atoms with van der Waals surface area (Å²) < 4.78 is 4.35. The molecule has 1 atom stereocenters. The molecule has 1 aromatic rings. The average Bonchev–Trinajstić information content (AvgIpc) is 2.55. The lowest BCUT2D eigenvalue weighted by molar-refractivity contribution is -0.150. The molecule has 0 bridgehead atoms. The number of methoxy groups -OCH3 is 1. The Morgan fingerprint density at radius 2 is 2.67 bits per heavy atom. The number of aromatic nitrogens is 1. The number of carbonyl (C=O) groups excluding carboxylic acids is 1. The summed E-state index contributed by atoms with van der Waals surface area (Å²) in [5.41, 5.74) is 0. The van der Waals surface area contributed by atoms with Crippen molar-refractivity contribution in [2.24, 2.45) is 0 Å². The van der Waals surface area contributed by atoms with Gasteiger partial charge in [-0.2, -0.15) is 0 Å². The first-order valence-electron chi connectivity index (χ1n) is 3.38. The van der Waals surface area contributed by atoms with E-state index in [1.807, 2.05) is 0 Å². The number of carbonyl (C=O) groups is 1. The summed E-state index contributed by atoms with van der Waals surface area (Å²) in [6.07, 6.45) is 0.759. The Morgan fingerprint density at radius 1 is 1.92 bits per heavy atom. The topological polar surface area (TPSA) is 59.4 Å². The van der Waals surface area contributed by atoms with Crippen LogP contribution in [0.25, 0.3) is 0 Å². The fraction of sp³-hybridized carbons (Fsp3) is 0.429. The minimum atomic E-state index is -1.10. The number of hydrogen-bond acceptors (Lipinski definition) is 5. The molecule has 0 aliphatic heterocycles. The lowest BCUT2D eigenvalue weighted by atomic mass is 10.3. The molecule has 0 spiro atoms. The smallest absolute Gasteiger partial charge is 0.335 e. The Bertz CT molecular complexity index is 247. The Hall–Kier alpha value is -0.940. The summed E-state index contributed by atoms with van der Waals surface area (Å²) in [5, 5.41) is 11.7. The molecule has 1 aromatic heterocycles. The summed E-state index contributed by atoms with van der Waals surface area (Å²) in [7, 11) is 1.24. The largest absolute Gasteiger partial charge is 0.467 e. The zero-order valence-electron chi connectivity index (χ0n) is 6.56. The summed E-state index contributed by atoms with van der Waals surface area (Å²) in [5.74, 6) is -0.620. The lowest BCUT2D eigenvalue weighted by Crippen LogP contribution is -2.23. The van der Waals surface area contributed by atoms with Crippen molar-refractivity contribution in [3.8, 4) is 0 Å². The van der Waals surface area contributed by atoms with E-state index in [0.717, 1.165) is 5.01 Å². The summed E-state index contributed by atoms with van der Waals surface area (Å²) >= 11 is 1.40. The van der Waals surface area contributed by atoms with Crippen LogP contribution in [0.5, 0.6) is 0 Å². The molecule has 1 N–H and O–H groups in total. The molecule has 0 fully saturated rings. The Labute approximate surface area is 73.8 Å². The third kappa shape index (κ3) is 2.28. The first-order chi connectivity index (χ1) is 5.74. The van der Waals surface area contributed by atoms with E-state index in [0.29, 0.717) is 0 Å². The number of ether oxygens (including phenoxy) is 1. The van der Waals surface area contributed by atoms with Gasteiger partial charge >= 0.3 is 5.97 Å². The van der Waals surface area contributed by atoms with Crippen LogP contribution in [0.2, 0.25) is 0 Å². The fourth-order valence-electron chi connectivity index (χ4n) is 0.739. The van der Waals surface area contributed by atoms with E-state index >= 15 is 0 Å². The highest BCUT2D eigenvalue weighted by Gasteiger charge is 2.16. The van der Waals surface area contributed by atoms with Gasteiger partial charge in [0.1, 0.15) is 0 Å². The van der Waals surface area contributed by atoms with Crippen LogP contribution in [0, 0.1) is 0 Å². The van der Waals surface area contributed by atoms with Crippen molar-refractivity contribution in [1.29, 1.82) is 0 Å². The van der Waals surface area contributed by atoms with E-state index in [1.165, 1.54) is 18.4 Å². The van der Waals surface area contributed by atoms with Crippen LogP contribution < -0.4 is 0 Å². The molecule has 0 radical (unpaired) electrons. The number of nitrogens with zero attached hydrogens (tertiary/aromatic N) is 1. The van der Waals surface area contributed by atoms with Gasteiger partial charge in [-0.05, 0) is 0 Å². The van der Waals surface area contributed by atoms with E-state index in [4.69, 9.17) is 0 Å². The van der Waals surface area contributed by atoms with Crippen LogP contribution in [0.15, 0.2) is 11.6 Å². The van der Waals surface area contributed by atoms with Crippen molar-refractivity contribution in [1.82, 2.24) is 4.98 Å². The number of rotatable bonds is 3. The average molecular weight is 187 g/mol. The van der Waals surface area contributed by atoms with Gasteiger partial charge in [0.25, 0.3) is 0 Å². The van der Waals surface area contributed by atoms with Crippen molar-refractivity contribution in [2.75, 3.05) is 7.11 Å². The third-order valence-electron chi connectivity index (χ3n) is 1.32. The number of aliphatic hydroxyl groups excluding tert-OH is 1. The summed E-state index contributed by atoms with van der Waals surface area (Å²) in [6, 6.07) is 0. The van der Waals surface area contributed by atoms with E-state index < -0.39 is 12.1 Å². The van der Waals surface area contributed by atoms with Crippen LogP contribution >= 0.6 is 11.3 Å². The molecule has 12 heavy (non-hydrogen) atoms. The standard InChI is InChI=1S/C7H9NO3S/c1-11-7(10)5(9)4-6-8-2-3-12-6/h2-3,5,9H,4H2,1H3. The minimum Gasteiger partial charge on any atom is -0.467 e. The Kier molecular flexibility index (Phi) is 3.19. The highest BCUT2D eigenvalue weighted by Crippen LogP contribution is 2.07. The zero-order valence-corrected chi connectivity index (χ0v) is 7.37. The molecule has 0 amide bonds. The normalized spacial score (nSPS) is 12.5. The zero-order chi connectivity index (χ0) is 8.97. The van der Waals surface area contributed by atoms with Gasteiger partial charge in [0.2, 0.25) is 0 Å². The van der Waals surface area contributed by atoms with E-state index in [2.05, 4.69) is 9.72 Å². The highest BCUT2D eigenvalue weighted by molar-refractivity contribution is 7.09. The van der Waals surface area contributed by atoms with Gasteiger partial charge in [-0.15, -0.1) is 11.3 Å². The molecule has 0 aliphatic rings. The lowest BCUT2D eigenvalue weighted by Gasteiger charge is -2.04. The molecule has 4 nitrogen and oxygen atoms in total. The monoisotopic (exact) mass is 187 g/mol. The first kappa shape index (κ1) is 9.15. The quantitative estimate of drug-likeness (QED) is 0.688. The van der Waals surface area contributed by atoms with Gasteiger partial charge in [0.15, 0.2) is 6.10 Å². The minimum absolute atomic E-state index is 0.227. The van der Waals surface area contributed by atoms with Crippen LogP contribution in [0.3, 0.4) is 0 Å². The molecule has 0 saturated heterocycles. The van der Waals surface area contributed by atoms with Crippen LogP contribution in [0.4, 0.5) is 0 Å². The van der Waals surface area contributed by atoms with E-state index in [9.17, 15) is 9.90 Å². The maximum Gasteiger partial charge on any atom is 0.335 e. The van der Waals surface area contributed by atoms with Crippen molar-refractivity contribution in [3.63, 3.8) is 0 Å². The van der Waals surface area contributed by atoms with Crippen LogP contribution in [-0.2, 0) is 16.0 Å². The highest BCUT2D eigenvalue weighted by atomic mass is 32.1. The first-order valence-corrected chi connectivity index (χ1v) is 4.26. The predicted octanol–water partition coefficient (Wildman–Crippen LogP) is 0.219. The van der Waals surface area contributed by atoms with Gasteiger partial charge in [-0.3, -0.25) is 0 Å². The molecular formula is C7H9NO3S. The second-order valence-corrected chi connectivity index (χ2v) is 3.15. The van der Waals surface area contributed by atoms with Gasteiger partial charge in [-0.1, -0.05) is 0 Å². The molecular weight excluding hydrogens is 178 g/mol. The summed E-state index contributed by atoms with van der Waals surface area (Å²) in [6.45, 7) is 0. The van der Waals surface area contributed by atoms with Crippen molar-refractivity contribution >= 4 is 17.3 Å².